The van der Waals surface area contributed by atoms with Gasteiger partial charge in [-0.15, -0.1) is 0 Å². The van der Waals surface area contributed by atoms with Gasteiger partial charge in [-0.1, -0.05) is 47.1 Å². The van der Waals surface area contributed by atoms with Crippen LogP contribution >= 0.6 is 15.9 Å². The van der Waals surface area contributed by atoms with E-state index >= 15 is 0 Å². The lowest BCUT2D eigenvalue weighted by molar-refractivity contribution is -0.121. The quantitative estimate of drug-likeness (QED) is 0.504. The van der Waals surface area contributed by atoms with Crippen LogP contribution in [0.3, 0.4) is 0 Å². The first-order valence-corrected chi connectivity index (χ1v) is 11.1. The van der Waals surface area contributed by atoms with Crippen molar-refractivity contribution in [3.8, 4) is 11.5 Å². The largest absolute Gasteiger partial charge is 0.484 e. The highest BCUT2D eigenvalue weighted by atomic mass is 79.9. The van der Waals surface area contributed by atoms with E-state index in [1.165, 1.54) is 0 Å². The van der Waals surface area contributed by atoms with Gasteiger partial charge in [-0.25, -0.2) is 0 Å². The smallest absolute Gasteiger partial charge is 0.265 e. The molecule has 0 aliphatic carbocycles. The molecule has 3 aromatic carbocycles. The Balaban J connectivity index is 1.45. The first-order chi connectivity index (χ1) is 15.5. The van der Waals surface area contributed by atoms with Crippen molar-refractivity contribution in [1.29, 1.82) is 0 Å². The standard InChI is InChI=1S/C25H23BrN2O4/c1-2-17-4-3-5-21(12-17)31-15-24(29)27-20-10-11-23-22(13-20)28(25(30)16-32-23)14-18-6-8-19(26)9-7-18/h3-13H,2,14-16H2,1H3,(H,27,29). The number of nitrogens with zero attached hydrogens (tertiary/aromatic N) is 1. The monoisotopic (exact) mass is 494 g/mol. The fourth-order valence-electron chi connectivity index (χ4n) is 3.43. The van der Waals surface area contributed by atoms with E-state index in [2.05, 4.69) is 28.2 Å². The molecule has 0 spiro atoms. The average Bonchev–Trinajstić information content (AvgIpc) is 2.81. The number of carbonyl (C=O) groups excluding carboxylic acids is 2. The Bertz CT molecular complexity index is 1130. The molecule has 0 bridgehead atoms. The van der Waals surface area contributed by atoms with Crippen molar-refractivity contribution in [3.05, 3.63) is 82.3 Å². The van der Waals surface area contributed by atoms with Crippen molar-refractivity contribution in [1.82, 2.24) is 0 Å². The summed E-state index contributed by atoms with van der Waals surface area (Å²) < 4.78 is 12.2. The van der Waals surface area contributed by atoms with E-state index in [4.69, 9.17) is 9.47 Å². The van der Waals surface area contributed by atoms with E-state index in [1.54, 1.807) is 23.1 Å². The first kappa shape index (κ1) is 21.9. The van der Waals surface area contributed by atoms with Gasteiger partial charge in [-0.05, 0) is 60.0 Å². The van der Waals surface area contributed by atoms with Crippen molar-refractivity contribution in [2.45, 2.75) is 19.9 Å². The molecule has 3 aromatic rings. The normalized spacial score (nSPS) is 12.7. The minimum Gasteiger partial charge on any atom is -0.484 e. The van der Waals surface area contributed by atoms with Gasteiger partial charge in [0.2, 0.25) is 0 Å². The van der Waals surface area contributed by atoms with Crippen LogP contribution in [0.5, 0.6) is 11.5 Å². The third-order valence-corrected chi connectivity index (χ3v) is 5.64. The Kier molecular flexibility index (Phi) is 6.75. The summed E-state index contributed by atoms with van der Waals surface area (Å²) in [6.07, 6.45) is 0.899. The molecule has 1 heterocycles. The zero-order valence-corrected chi connectivity index (χ0v) is 19.2. The minimum atomic E-state index is -0.283. The highest BCUT2D eigenvalue weighted by Crippen LogP contribution is 2.35. The molecule has 0 aromatic heterocycles. The molecular weight excluding hydrogens is 472 g/mol. The summed E-state index contributed by atoms with van der Waals surface area (Å²) in [6.45, 7) is 2.36. The summed E-state index contributed by atoms with van der Waals surface area (Å²) in [6, 6.07) is 20.7. The van der Waals surface area contributed by atoms with Crippen molar-refractivity contribution >= 4 is 39.1 Å². The third kappa shape index (κ3) is 5.29. The number of halogens is 1. The van der Waals surface area contributed by atoms with Crippen LogP contribution in [0.15, 0.2) is 71.2 Å². The number of nitrogens with one attached hydrogen (secondary N) is 1. The topological polar surface area (TPSA) is 67.9 Å². The van der Waals surface area contributed by atoms with Crippen molar-refractivity contribution in [3.63, 3.8) is 0 Å². The summed E-state index contributed by atoms with van der Waals surface area (Å²) in [7, 11) is 0. The van der Waals surface area contributed by atoms with E-state index in [9.17, 15) is 9.59 Å². The molecule has 164 valence electrons. The number of rotatable bonds is 7. The third-order valence-electron chi connectivity index (χ3n) is 5.12. The zero-order valence-electron chi connectivity index (χ0n) is 17.6. The van der Waals surface area contributed by atoms with Crippen LogP contribution in [-0.4, -0.2) is 25.0 Å². The molecule has 1 aliphatic rings. The van der Waals surface area contributed by atoms with E-state index in [0.29, 0.717) is 29.4 Å². The molecule has 0 radical (unpaired) electrons. The fraction of sp³-hybridized carbons (Fsp3) is 0.200. The zero-order chi connectivity index (χ0) is 22.5. The van der Waals surface area contributed by atoms with Gasteiger partial charge in [0.25, 0.3) is 11.8 Å². The predicted octanol–water partition coefficient (Wildman–Crippen LogP) is 4.95. The van der Waals surface area contributed by atoms with Crippen molar-refractivity contribution in [2.75, 3.05) is 23.4 Å². The number of aryl methyl sites for hydroxylation is 1. The molecule has 0 saturated heterocycles. The Hall–Kier alpha value is -3.32. The molecule has 0 fully saturated rings. The van der Waals surface area contributed by atoms with Crippen LogP contribution in [0.2, 0.25) is 0 Å². The van der Waals surface area contributed by atoms with Gasteiger partial charge in [0.15, 0.2) is 13.2 Å². The maximum Gasteiger partial charge on any atom is 0.265 e. The van der Waals surface area contributed by atoms with Gasteiger partial charge in [0.1, 0.15) is 11.5 Å². The molecule has 0 atom stereocenters. The molecule has 7 heteroatoms. The van der Waals surface area contributed by atoms with E-state index < -0.39 is 0 Å². The van der Waals surface area contributed by atoms with Gasteiger partial charge in [0.05, 0.1) is 12.2 Å². The van der Waals surface area contributed by atoms with Gasteiger partial charge in [-0.3, -0.25) is 9.59 Å². The summed E-state index contributed by atoms with van der Waals surface area (Å²) in [5.74, 6) is 0.842. The van der Waals surface area contributed by atoms with Crippen molar-refractivity contribution < 1.29 is 19.1 Å². The highest BCUT2D eigenvalue weighted by molar-refractivity contribution is 9.10. The van der Waals surface area contributed by atoms with E-state index in [0.717, 1.165) is 22.0 Å². The summed E-state index contributed by atoms with van der Waals surface area (Å²) in [5, 5.41) is 2.83. The number of ether oxygens (including phenoxy) is 2. The predicted molar refractivity (Wildman–Crippen MR) is 127 cm³/mol. The number of anilines is 2. The Morgan fingerprint density at radius 2 is 1.91 bits per heavy atom. The molecular formula is C25H23BrN2O4. The number of benzene rings is 3. The van der Waals surface area contributed by atoms with E-state index in [-0.39, 0.29) is 25.0 Å². The Labute approximate surface area is 195 Å². The molecule has 32 heavy (non-hydrogen) atoms. The fourth-order valence-corrected chi connectivity index (χ4v) is 3.69. The first-order valence-electron chi connectivity index (χ1n) is 10.3. The van der Waals surface area contributed by atoms with Crippen LogP contribution in [-0.2, 0) is 22.6 Å². The Morgan fingerprint density at radius 1 is 1.09 bits per heavy atom. The molecule has 2 amide bonds. The van der Waals surface area contributed by atoms with Crippen molar-refractivity contribution in [2.24, 2.45) is 0 Å². The lowest BCUT2D eigenvalue weighted by atomic mass is 10.1. The van der Waals surface area contributed by atoms with E-state index in [1.807, 2.05) is 48.5 Å². The minimum absolute atomic E-state index is 0.0140. The van der Waals surface area contributed by atoms with Gasteiger partial charge >= 0.3 is 0 Å². The molecule has 1 N–H and O–H groups in total. The SMILES string of the molecule is CCc1cccc(OCC(=O)Nc2ccc3c(c2)N(Cc2ccc(Br)cc2)C(=O)CO3)c1. The van der Waals surface area contributed by atoms with Gasteiger partial charge in [0, 0.05) is 10.2 Å². The number of hydrogen-bond donors (Lipinski definition) is 1. The highest BCUT2D eigenvalue weighted by Gasteiger charge is 2.26. The molecule has 0 unspecified atom stereocenters. The average molecular weight is 495 g/mol. The molecule has 4 rings (SSSR count). The second kappa shape index (κ2) is 9.87. The summed E-state index contributed by atoms with van der Waals surface area (Å²) >= 11 is 3.42. The Morgan fingerprint density at radius 3 is 2.69 bits per heavy atom. The maximum atomic E-state index is 12.6. The second-order valence-electron chi connectivity index (χ2n) is 7.42. The molecule has 0 saturated carbocycles. The molecule has 6 nitrogen and oxygen atoms in total. The van der Waals surface area contributed by atoms with Crippen LogP contribution in [0.1, 0.15) is 18.1 Å². The summed E-state index contributed by atoms with van der Waals surface area (Å²) in [4.78, 5) is 26.7. The van der Waals surface area contributed by atoms with Gasteiger partial charge in [-0.2, -0.15) is 0 Å². The second-order valence-corrected chi connectivity index (χ2v) is 8.33. The molecule has 1 aliphatic heterocycles. The lowest BCUT2D eigenvalue weighted by Crippen LogP contribution is -2.38. The van der Waals surface area contributed by atoms with Gasteiger partial charge < -0.3 is 19.7 Å². The lowest BCUT2D eigenvalue weighted by Gasteiger charge is -2.30. The summed E-state index contributed by atoms with van der Waals surface area (Å²) in [5.41, 5.74) is 3.33. The number of hydrogen-bond acceptors (Lipinski definition) is 4. The number of amides is 2. The van der Waals surface area contributed by atoms with Crippen LogP contribution < -0.4 is 19.7 Å². The van der Waals surface area contributed by atoms with Crippen LogP contribution in [0.4, 0.5) is 11.4 Å². The number of fused-ring (bicyclic) bond motifs is 1. The number of carbonyl (C=O) groups is 2. The van der Waals surface area contributed by atoms with Crippen LogP contribution in [0.25, 0.3) is 0 Å². The van der Waals surface area contributed by atoms with Crippen LogP contribution in [0, 0.1) is 0 Å². The maximum absolute atomic E-state index is 12.6.